The van der Waals surface area contributed by atoms with E-state index in [-0.39, 0.29) is 11.5 Å². The SMILES string of the molecule is Cc1noc(C)c1C(=O)N1CC2(C[C@@H](CCOc3ccccn3)CCO2)C1. The van der Waals surface area contributed by atoms with Crippen molar-refractivity contribution in [2.75, 3.05) is 26.3 Å². The highest BCUT2D eigenvalue weighted by atomic mass is 16.5. The molecular weight excluding hydrogens is 346 g/mol. The summed E-state index contributed by atoms with van der Waals surface area (Å²) in [4.78, 5) is 18.7. The van der Waals surface area contributed by atoms with Crippen molar-refractivity contribution < 1.29 is 18.8 Å². The molecule has 1 atom stereocenters. The van der Waals surface area contributed by atoms with Crippen LogP contribution in [0.15, 0.2) is 28.9 Å². The molecule has 0 aromatic carbocycles. The Balaban J connectivity index is 1.28. The second-order valence-electron chi connectivity index (χ2n) is 7.56. The van der Waals surface area contributed by atoms with Crippen molar-refractivity contribution in [1.29, 1.82) is 0 Å². The normalized spacial score (nSPS) is 21.1. The van der Waals surface area contributed by atoms with Gasteiger partial charge < -0.3 is 18.9 Å². The molecule has 7 heteroatoms. The van der Waals surface area contributed by atoms with Crippen molar-refractivity contribution >= 4 is 5.91 Å². The number of carbonyl (C=O) groups excluding carboxylic acids is 1. The number of amides is 1. The second kappa shape index (κ2) is 7.31. The molecule has 144 valence electrons. The van der Waals surface area contributed by atoms with Crippen LogP contribution in [0.2, 0.25) is 0 Å². The Morgan fingerprint density at radius 1 is 1.37 bits per heavy atom. The molecule has 0 aliphatic carbocycles. The van der Waals surface area contributed by atoms with Gasteiger partial charge in [0.1, 0.15) is 16.9 Å². The van der Waals surface area contributed by atoms with Crippen LogP contribution in [0.1, 0.15) is 41.1 Å². The number of hydrogen-bond acceptors (Lipinski definition) is 6. The van der Waals surface area contributed by atoms with Crippen LogP contribution in [0.3, 0.4) is 0 Å². The molecule has 2 fully saturated rings. The average molecular weight is 371 g/mol. The highest BCUT2D eigenvalue weighted by molar-refractivity contribution is 5.96. The standard InChI is InChI=1S/C20H25N3O4/c1-14-18(15(2)27-22-14)19(24)23-12-20(13-23)11-16(7-10-26-20)6-9-25-17-5-3-4-8-21-17/h3-5,8,16H,6-7,9-13H2,1-2H3/t16-/m0/s1. The lowest BCUT2D eigenvalue weighted by Crippen LogP contribution is -2.66. The lowest BCUT2D eigenvalue weighted by atomic mass is 9.79. The molecule has 2 saturated heterocycles. The third-order valence-corrected chi connectivity index (χ3v) is 5.50. The molecule has 27 heavy (non-hydrogen) atoms. The number of aryl methyl sites for hydroxylation is 2. The second-order valence-corrected chi connectivity index (χ2v) is 7.56. The molecule has 2 aliphatic rings. The van der Waals surface area contributed by atoms with Crippen LogP contribution < -0.4 is 4.74 Å². The van der Waals surface area contributed by atoms with Gasteiger partial charge in [0.05, 0.1) is 25.4 Å². The maximum atomic E-state index is 12.7. The zero-order valence-electron chi connectivity index (χ0n) is 15.8. The first-order chi connectivity index (χ1) is 13.1. The summed E-state index contributed by atoms with van der Waals surface area (Å²) in [5, 5.41) is 3.88. The van der Waals surface area contributed by atoms with Crippen LogP contribution in [-0.2, 0) is 4.74 Å². The molecule has 2 aliphatic heterocycles. The summed E-state index contributed by atoms with van der Waals surface area (Å²) < 4.78 is 16.9. The van der Waals surface area contributed by atoms with Gasteiger partial charge in [0.25, 0.3) is 5.91 Å². The van der Waals surface area contributed by atoms with Gasteiger partial charge in [0.2, 0.25) is 5.88 Å². The summed E-state index contributed by atoms with van der Waals surface area (Å²) >= 11 is 0. The minimum Gasteiger partial charge on any atom is -0.478 e. The first kappa shape index (κ1) is 18.0. The zero-order valence-corrected chi connectivity index (χ0v) is 15.8. The number of rotatable bonds is 5. The van der Waals surface area contributed by atoms with E-state index in [0.717, 1.165) is 25.9 Å². The Kier molecular flexibility index (Phi) is 4.86. The molecule has 4 heterocycles. The van der Waals surface area contributed by atoms with E-state index >= 15 is 0 Å². The minimum atomic E-state index is -0.206. The van der Waals surface area contributed by atoms with Gasteiger partial charge in [-0.2, -0.15) is 0 Å². The molecule has 4 rings (SSSR count). The van der Waals surface area contributed by atoms with Crippen molar-refractivity contribution in [2.24, 2.45) is 5.92 Å². The number of aromatic nitrogens is 2. The predicted molar refractivity (Wildman–Crippen MR) is 97.6 cm³/mol. The Labute approximate surface area is 158 Å². The monoisotopic (exact) mass is 371 g/mol. The highest BCUT2D eigenvalue weighted by Gasteiger charge is 2.49. The number of ether oxygens (including phenoxy) is 2. The fraction of sp³-hybridized carbons (Fsp3) is 0.550. The van der Waals surface area contributed by atoms with Crippen LogP contribution in [0.5, 0.6) is 5.88 Å². The van der Waals surface area contributed by atoms with Gasteiger partial charge in [-0.1, -0.05) is 11.2 Å². The van der Waals surface area contributed by atoms with E-state index in [4.69, 9.17) is 14.0 Å². The molecule has 0 saturated carbocycles. The van der Waals surface area contributed by atoms with E-state index < -0.39 is 0 Å². The predicted octanol–water partition coefficient (Wildman–Crippen LogP) is 2.78. The first-order valence-corrected chi connectivity index (χ1v) is 9.46. The van der Waals surface area contributed by atoms with E-state index in [1.165, 1.54) is 0 Å². The Morgan fingerprint density at radius 2 is 2.22 bits per heavy atom. The van der Waals surface area contributed by atoms with Gasteiger partial charge >= 0.3 is 0 Å². The van der Waals surface area contributed by atoms with Crippen LogP contribution in [0, 0.1) is 19.8 Å². The third kappa shape index (κ3) is 3.69. The number of pyridine rings is 1. The summed E-state index contributed by atoms with van der Waals surface area (Å²) in [6.45, 7) is 6.23. The van der Waals surface area contributed by atoms with Gasteiger partial charge in [-0.05, 0) is 45.1 Å². The van der Waals surface area contributed by atoms with Crippen LogP contribution in [-0.4, -0.2) is 52.9 Å². The molecule has 7 nitrogen and oxygen atoms in total. The van der Waals surface area contributed by atoms with Crippen molar-refractivity contribution in [3.63, 3.8) is 0 Å². The lowest BCUT2D eigenvalue weighted by molar-refractivity contribution is -0.166. The van der Waals surface area contributed by atoms with Gasteiger partial charge in [-0.25, -0.2) is 4.98 Å². The van der Waals surface area contributed by atoms with Crippen molar-refractivity contribution in [2.45, 2.75) is 38.7 Å². The van der Waals surface area contributed by atoms with E-state index in [1.54, 1.807) is 20.0 Å². The molecule has 0 radical (unpaired) electrons. The number of likely N-dealkylation sites (tertiary alicyclic amines) is 1. The molecule has 2 aromatic heterocycles. The van der Waals surface area contributed by atoms with Gasteiger partial charge in [-0.15, -0.1) is 0 Å². The summed E-state index contributed by atoms with van der Waals surface area (Å²) in [6.07, 6.45) is 4.70. The number of nitrogens with zero attached hydrogens (tertiary/aromatic N) is 3. The van der Waals surface area contributed by atoms with Crippen molar-refractivity contribution in [3.8, 4) is 5.88 Å². The van der Waals surface area contributed by atoms with Crippen LogP contribution in [0.25, 0.3) is 0 Å². The fourth-order valence-corrected chi connectivity index (χ4v) is 4.10. The summed E-state index contributed by atoms with van der Waals surface area (Å²) in [7, 11) is 0. The molecular formula is C20H25N3O4. The molecule has 0 bridgehead atoms. The topological polar surface area (TPSA) is 77.7 Å². The average Bonchev–Trinajstić information content (AvgIpc) is 2.99. The van der Waals surface area contributed by atoms with Crippen molar-refractivity contribution in [3.05, 3.63) is 41.4 Å². The Hall–Kier alpha value is -2.41. The molecule has 2 aromatic rings. The van der Waals surface area contributed by atoms with E-state index in [0.29, 0.717) is 48.5 Å². The number of hydrogen-bond donors (Lipinski definition) is 0. The smallest absolute Gasteiger partial charge is 0.259 e. The van der Waals surface area contributed by atoms with Crippen LogP contribution >= 0.6 is 0 Å². The van der Waals surface area contributed by atoms with Gasteiger partial charge in [0.15, 0.2) is 0 Å². The van der Waals surface area contributed by atoms with E-state index in [9.17, 15) is 4.79 Å². The van der Waals surface area contributed by atoms with Gasteiger partial charge in [0, 0.05) is 18.9 Å². The largest absolute Gasteiger partial charge is 0.478 e. The Morgan fingerprint density at radius 3 is 2.93 bits per heavy atom. The van der Waals surface area contributed by atoms with E-state index in [1.807, 2.05) is 23.1 Å². The Bertz CT molecular complexity index is 779. The summed E-state index contributed by atoms with van der Waals surface area (Å²) in [5.41, 5.74) is 1.02. The molecule has 1 spiro atoms. The highest BCUT2D eigenvalue weighted by Crippen LogP contribution is 2.39. The quantitative estimate of drug-likeness (QED) is 0.804. The maximum absolute atomic E-state index is 12.7. The molecule has 0 unspecified atom stereocenters. The zero-order chi connectivity index (χ0) is 18.9. The molecule has 0 N–H and O–H groups in total. The minimum absolute atomic E-state index is 0.0129. The van der Waals surface area contributed by atoms with Gasteiger partial charge in [-0.3, -0.25) is 4.79 Å². The first-order valence-electron chi connectivity index (χ1n) is 9.46. The molecule has 1 amide bonds. The fourth-order valence-electron chi connectivity index (χ4n) is 4.10. The maximum Gasteiger partial charge on any atom is 0.259 e. The summed E-state index contributed by atoms with van der Waals surface area (Å²) in [5.74, 6) is 1.77. The van der Waals surface area contributed by atoms with Crippen molar-refractivity contribution in [1.82, 2.24) is 15.0 Å². The van der Waals surface area contributed by atoms with Crippen LogP contribution in [0.4, 0.5) is 0 Å². The third-order valence-electron chi connectivity index (χ3n) is 5.50. The van der Waals surface area contributed by atoms with E-state index in [2.05, 4.69) is 10.1 Å². The number of carbonyl (C=O) groups is 1. The summed E-state index contributed by atoms with van der Waals surface area (Å²) in [6, 6.07) is 5.67. The lowest BCUT2D eigenvalue weighted by Gasteiger charge is -2.53.